The van der Waals surface area contributed by atoms with Crippen LogP contribution in [0.25, 0.3) is 0 Å². The minimum Gasteiger partial charge on any atom is -0.493 e. The topological polar surface area (TPSA) is 90.7 Å². The molecule has 0 bridgehead atoms. The number of nitrogens with one attached hydrogen (secondary N) is 1. The number of hydrogen-bond donors (Lipinski definition) is 2. The van der Waals surface area contributed by atoms with Crippen molar-refractivity contribution in [2.45, 2.75) is 13.0 Å². The molecule has 0 spiro atoms. The average molecular weight is 363 g/mol. The fraction of sp³-hybridized carbons (Fsp3) is 0.222. The first kappa shape index (κ1) is 18.6. The van der Waals surface area contributed by atoms with Crippen LogP contribution in [0.4, 0.5) is 0 Å². The Balaban J connectivity index is 2.19. The third kappa shape index (κ3) is 4.87. The largest absolute Gasteiger partial charge is 0.493 e. The fourth-order valence-corrected chi connectivity index (χ4v) is 2.50. The first-order valence-electron chi connectivity index (χ1n) is 7.56. The summed E-state index contributed by atoms with van der Waals surface area (Å²) in [6.07, 6.45) is 0. The molecule has 7 heteroatoms. The van der Waals surface area contributed by atoms with Crippen LogP contribution >= 0.6 is 11.6 Å². The minimum atomic E-state index is -0.642. The zero-order valence-electron chi connectivity index (χ0n) is 13.9. The van der Waals surface area contributed by atoms with E-state index < -0.39 is 5.91 Å². The smallest absolute Gasteiger partial charge is 0.255 e. The number of hydrogen-bond acceptors (Lipinski definition) is 4. The number of methoxy groups -OCH3 is 1. The average Bonchev–Trinajstić information content (AvgIpc) is 2.60. The molecular weight excluding hydrogens is 344 g/mol. The van der Waals surface area contributed by atoms with Gasteiger partial charge in [-0.25, -0.2) is 0 Å². The molecule has 2 rings (SSSR count). The van der Waals surface area contributed by atoms with Gasteiger partial charge in [0.1, 0.15) is 0 Å². The molecule has 3 N–H and O–H groups in total. The zero-order valence-corrected chi connectivity index (χ0v) is 14.7. The molecule has 0 aliphatic carbocycles. The summed E-state index contributed by atoms with van der Waals surface area (Å²) in [4.78, 5) is 23.3. The number of halogens is 1. The maximum absolute atomic E-state index is 12.5. The molecular formula is C18H19ClN2O4. The van der Waals surface area contributed by atoms with Gasteiger partial charge in [-0.2, -0.15) is 0 Å². The highest BCUT2D eigenvalue weighted by Gasteiger charge is 2.18. The van der Waals surface area contributed by atoms with E-state index in [-0.39, 0.29) is 35.1 Å². The van der Waals surface area contributed by atoms with Gasteiger partial charge < -0.3 is 20.5 Å². The summed E-state index contributed by atoms with van der Waals surface area (Å²) in [5.41, 5.74) is 6.36. The van der Waals surface area contributed by atoms with E-state index in [1.807, 2.05) is 37.3 Å². The van der Waals surface area contributed by atoms with Gasteiger partial charge in [0, 0.05) is 5.56 Å². The van der Waals surface area contributed by atoms with E-state index in [0.717, 1.165) is 5.56 Å². The third-order valence-corrected chi connectivity index (χ3v) is 3.78. The van der Waals surface area contributed by atoms with Crippen molar-refractivity contribution in [1.82, 2.24) is 5.32 Å². The van der Waals surface area contributed by atoms with Gasteiger partial charge in [-0.3, -0.25) is 9.59 Å². The van der Waals surface area contributed by atoms with E-state index in [1.54, 1.807) is 0 Å². The lowest BCUT2D eigenvalue weighted by molar-refractivity contribution is -0.119. The summed E-state index contributed by atoms with van der Waals surface area (Å²) < 4.78 is 10.4. The summed E-state index contributed by atoms with van der Waals surface area (Å²) in [7, 11) is 1.41. The molecule has 1 atom stereocenters. The van der Waals surface area contributed by atoms with Crippen LogP contribution in [0, 0.1) is 0 Å². The van der Waals surface area contributed by atoms with Gasteiger partial charge in [-0.1, -0.05) is 41.9 Å². The van der Waals surface area contributed by atoms with E-state index in [9.17, 15) is 9.59 Å². The number of ether oxygens (including phenoxy) is 2. The van der Waals surface area contributed by atoms with Crippen LogP contribution in [0.1, 0.15) is 28.9 Å². The molecule has 0 saturated carbocycles. The fourth-order valence-electron chi connectivity index (χ4n) is 2.24. The Bertz CT molecular complexity index is 765. The number of carbonyl (C=O) groups is 2. The second kappa shape index (κ2) is 8.39. The van der Waals surface area contributed by atoms with Crippen LogP contribution in [0.3, 0.4) is 0 Å². The van der Waals surface area contributed by atoms with Crippen LogP contribution in [0.2, 0.25) is 5.02 Å². The Hall–Kier alpha value is -2.73. The van der Waals surface area contributed by atoms with Gasteiger partial charge >= 0.3 is 0 Å². The Labute approximate surface area is 150 Å². The van der Waals surface area contributed by atoms with E-state index in [4.69, 9.17) is 26.8 Å². The number of nitrogens with two attached hydrogens (primary N) is 1. The van der Waals surface area contributed by atoms with Crippen LogP contribution in [-0.2, 0) is 4.79 Å². The predicted octanol–water partition coefficient (Wildman–Crippen LogP) is 2.70. The summed E-state index contributed by atoms with van der Waals surface area (Å²) in [6, 6.07) is 12.4. The van der Waals surface area contributed by atoms with Crippen LogP contribution in [-0.4, -0.2) is 25.5 Å². The molecule has 0 radical (unpaired) electrons. The lowest BCUT2D eigenvalue weighted by Crippen LogP contribution is -2.26. The highest BCUT2D eigenvalue weighted by atomic mass is 35.5. The van der Waals surface area contributed by atoms with Gasteiger partial charge in [0.2, 0.25) is 0 Å². The monoisotopic (exact) mass is 362 g/mol. The molecule has 0 aromatic heterocycles. The summed E-state index contributed by atoms with van der Waals surface area (Å²) >= 11 is 6.16. The molecule has 0 saturated heterocycles. The standard InChI is InChI=1S/C18H19ClN2O4/c1-11(12-6-4-3-5-7-12)21-18(23)13-8-14(19)17(15(9-13)24-2)25-10-16(20)22/h3-9,11H,10H2,1-2H3,(H2,20,22)(H,21,23). The third-order valence-electron chi connectivity index (χ3n) is 3.50. The minimum absolute atomic E-state index is 0.151. The zero-order chi connectivity index (χ0) is 18.4. The molecule has 132 valence electrons. The molecule has 0 fully saturated rings. The SMILES string of the molecule is COc1cc(C(=O)NC(C)c2ccccc2)cc(Cl)c1OCC(N)=O. The van der Waals surface area contributed by atoms with Crippen LogP contribution < -0.4 is 20.5 Å². The van der Waals surface area contributed by atoms with E-state index in [0.29, 0.717) is 5.56 Å². The molecule has 2 aromatic carbocycles. The molecule has 1 unspecified atom stereocenters. The second-order valence-electron chi connectivity index (χ2n) is 5.35. The van der Waals surface area contributed by atoms with E-state index in [1.165, 1.54) is 19.2 Å². The van der Waals surface area contributed by atoms with E-state index >= 15 is 0 Å². The Morgan fingerprint density at radius 2 is 1.92 bits per heavy atom. The van der Waals surface area contributed by atoms with Gasteiger partial charge in [-0.05, 0) is 24.6 Å². The van der Waals surface area contributed by atoms with Crippen molar-refractivity contribution in [2.75, 3.05) is 13.7 Å². The normalized spacial score (nSPS) is 11.5. The van der Waals surface area contributed by atoms with Crippen molar-refractivity contribution in [3.63, 3.8) is 0 Å². The summed E-state index contributed by atoms with van der Waals surface area (Å²) in [6.45, 7) is 1.54. The highest BCUT2D eigenvalue weighted by molar-refractivity contribution is 6.32. The molecule has 2 aromatic rings. The summed E-state index contributed by atoms with van der Waals surface area (Å²) in [5.74, 6) is -0.545. The Morgan fingerprint density at radius 1 is 1.24 bits per heavy atom. The highest BCUT2D eigenvalue weighted by Crippen LogP contribution is 2.36. The van der Waals surface area contributed by atoms with Crippen molar-refractivity contribution in [3.05, 3.63) is 58.6 Å². The van der Waals surface area contributed by atoms with Crippen molar-refractivity contribution in [3.8, 4) is 11.5 Å². The van der Waals surface area contributed by atoms with Crippen LogP contribution in [0.15, 0.2) is 42.5 Å². The van der Waals surface area contributed by atoms with Crippen molar-refractivity contribution < 1.29 is 19.1 Å². The van der Waals surface area contributed by atoms with Gasteiger partial charge in [0.15, 0.2) is 18.1 Å². The number of carbonyl (C=O) groups excluding carboxylic acids is 2. The Morgan fingerprint density at radius 3 is 2.52 bits per heavy atom. The number of benzene rings is 2. The van der Waals surface area contributed by atoms with Crippen molar-refractivity contribution in [1.29, 1.82) is 0 Å². The van der Waals surface area contributed by atoms with Crippen LogP contribution in [0.5, 0.6) is 11.5 Å². The lowest BCUT2D eigenvalue weighted by Gasteiger charge is -2.16. The van der Waals surface area contributed by atoms with Crippen molar-refractivity contribution in [2.24, 2.45) is 5.73 Å². The molecule has 0 aliphatic rings. The van der Waals surface area contributed by atoms with Gasteiger partial charge in [-0.15, -0.1) is 0 Å². The van der Waals surface area contributed by atoms with E-state index in [2.05, 4.69) is 5.32 Å². The van der Waals surface area contributed by atoms with Gasteiger partial charge in [0.25, 0.3) is 11.8 Å². The molecule has 25 heavy (non-hydrogen) atoms. The second-order valence-corrected chi connectivity index (χ2v) is 5.76. The maximum atomic E-state index is 12.5. The lowest BCUT2D eigenvalue weighted by atomic mass is 10.1. The van der Waals surface area contributed by atoms with Gasteiger partial charge in [0.05, 0.1) is 18.2 Å². The molecule has 0 aliphatic heterocycles. The molecule has 2 amide bonds. The number of primary amides is 1. The maximum Gasteiger partial charge on any atom is 0.255 e. The molecule has 6 nitrogen and oxygen atoms in total. The predicted molar refractivity (Wildman–Crippen MR) is 95.0 cm³/mol. The van der Waals surface area contributed by atoms with Crippen molar-refractivity contribution >= 4 is 23.4 Å². The number of rotatable bonds is 7. The molecule has 0 heterocycles. The first-order chi connectivity index (χ1) is 11.9. The number of amides is 2. The Kier molecular flexibility index (Phi) is 6.25. The summed E-state index contributed by atoms with van der Waals surface area (Å²) in [5, 5.41) is 3.04. The first-order valence-corrected chi connectivity index (χ1v) is 7.94. The quantitative estimate of drug-likeness (QED) is 0.792.